The van der Waals surface area contributed by atoms with Crippen molar-refractivity contribution >= 4 is 5.82 Å². The molecule has 0 saturated heterocycles. The maximum absolute atomic E-state index is 12.8. The second kappa shape index (κ2) is 7.36. The summed E-state index contributed by atoms with van der Waals surface area (Å²) >= 11 is 0. The molecule has 0 radical (unpaired) electrons. The van der Waals surface area contributed by atoms with Gasteiger partial charge >= 0.3 is 0 Å². The monoisotopic (exact) mass is 285 g/mol. The predicted octanol–water partition coefficient (Wildman–Crippen LogP) is 2.36. The van der Waals surface area contributed by atoms with Gasteiger partial charge < -0.3 is 10.4 Å². The number of hydrogen-bond acceptors (Lipinski definition) is 4. The molecule has 0 aliphatic rings. The smallest absolute Gasteiger partial charge is 0.125 e. The summed E-state index contributed by atoms with van der Waals surface area (Å²) in [4.78, 5) is 4.11. The summed E-state index contributed by atoms with van der Waals surface area (Å²) in [6.07, 6.45) is 2.15. The van der Waals surface area contributed by atoms with Gasteiger partial charge in [0.1, 0.15) is 17.7 Å². The molecule has 1 atom stereocenters. The van der Waals surface area contributed by atoms with Crippen molar-refractivity contribution in [1.29, 1.82) is 5.26 Å². The van der Waals surface area contributed by atoms with E-state index in [1.165, 1.54) is 18.3 Å². The van der Waals surface area contributed by atoms with Gasteiger partial charge in [0.05, 0.1) is 5.56 Å². The van der Waals surface area contributed by atoms with Crippen LogP contribution in [0.25, 0.3) is 0 Å². The Balaban J connectivity index is 1.89. The maximum atomic E-state index is 12.8. The molecule has 0 spiro atoms. The van der Waals surface area contributed by atoms with Crippen LogP contribution in [0.5, 0.6) is 0 Å². The highest BCUT2D eigenvalue weighted by Gasteiger charge is 2.09. The van der Waals surface area contributed by atoms with Crippen LogP contribution in [0, 0.1) is 23.1 Å². The Kier molecular flexibility index (Phi) is 5.24. The molecule has 4 nitrogen and oxygen atoms in total. The number of pyridine rings is 1. The molecule has 0 unspecified atom stereocenters. The van der Waals surface area contributed by atoms with Crippen molar-refractivity contribution in [3.05, 3.63) is 59.5 Å². The van der Waals surface area contributed by atoms with E-state index in [9.17, 15) is 9.50 Å². The average molecular weight is 285 g/mol. The van der Waals surface area contributed by atoms with Crippen molar-refractivity contribution in [2.45, 2.75) is 6.42 Å². The molecule has 21 heavy (non-hydrogen) atoms. The van der Waals surface area contributed by atoms with E-state index >= 15 is 0 Å². The Morgan fingerprint density at radius 2 is 2.00 bits per heavy atom. The minimum atomic E-state index is -0.265. The molecule has 0 aliphatic heterocycles. The third-order valence-corrected chi connectivity index (χ3v) is 3.16. The molecular weight excluding hydrogens is 269 g/mol. The fourth-order valence-corrected chi connectivity index (χ4v) is 1.97. The Morgan fingerprint density at radius 1 is 1.24 bits per heavy atom. The second-order valence-electron chi connectivity index (χ2n) is 4.80. The van der Waals surface area contributed by atoms with Crippen LogP contribution < -0.4 is 5.32 Å². The maximum Gasteiger partial charge on any atom is 0.125 e. The SMILES string of the molecule is N#Cc1ccc(NC[C@H](CO)Cc2ccc(F)cc2)nc1. The molecule has 5 heteroatoms. The van der Waals surface area contributed by atoms with Gasteiger partial charge in [-0.1, -0.05) is 12.1 Å². The standard InChI is InChI=1S/C16H16FN3O/c17-15-4-1-12(2-5-15)7-14(11-21)10-20-16-6-3-13(8-18)9-19-16/h1-6,9,14,21H,7,10-11H2,(H,19,20)/t14-/m1/s1. The highest BCUT2D eigenvalue weighted by Crippen LogP contribution is 2.11. The lowest BCUT2D eigenvalue weighted by atomic mass is 10.00. The Hall–Kier alpha value is -2.45. The third-order valence-electron chi connectivity index (χ3n) is 3.16. The lowest BCUT2D eigenvalue weighted by Gasteiger charge is -2.15. The van der Waals surface area contributed by atoms with Crippen LogP contribution in [0.1, 0.15) is 11.1 Å². The molecule has 108 valence electrons. The first-order valence-corrected chi connectivity index (χ1v) is 6.66. The Morgan fingerprint density at radius 3 is 2.57 bits per heavy atom. The lowest BCUT2D eigenvalue weighted by Crippen LogP contribution is -2.20. The van der Waals surface area contributed by atoms with Crippen molar-refractivity contribution < 1.29 is 9.50 Å². The van der Waals surface area contributed by atoms with E-state index in [2.05, 4.69) is 10.3 Å². The Bertz CT molecular complexity index is 605. The van der Waals surface area contributed by atoms with E-state index in [0.29, 0.717) is 24.3 Å². The Labute approximate surface area is 122 Å². The van der Waals surface area contributed by atoms with Crippen LogP contribution in [-0.2, 0) is 6.42 Å². The summed E-state index contributed by atoms with van der Waals surface area (Å²) in [7, 11) is 0. The topological polar surface area (TPSA) is 68.9 Å². The fraction of sp³-hybridized carbons (Fsp3) is 0.250. The number of hydrogen-bond donors (Lipinski definition) is 2. The minimum absolute atomic E-state index is 0.00732. The highest BCUT2D eigenvalue weighted by molar-refractivity contribution is 5.39. The van der Waals surface area contributed by atoms with Gasteiger partial charge in [0, 0.05) is 25.3 Å². The molecule has 1 heterocycles. The van der Waals surface area contributed by atoms with E-state index in [1.807, 2.05) is 6.07 Å². The number of nitriles is 1. The van der Waals surface area contributed by atoms with Crippen LogP contribution in [0.3, 0.4) is 0 Å². The van der Waals surface area contributed by atoms with Crippen molar-refractivity contribution in [3.8, 4) is 6.07 Å². The van der Waals surface area contributed by atoms with Crippen molar-refractivity contribution in [1.82, 2.24) is 4.98 Å². The van der Waals surface area contributed by atoms with Gasteiger partial charge in [-0.3, -0.25) is 0 Å². The molecule has 0 fully saturated rings. The van der Waals surface area contributed by atoms with Crippen molar-refractivity contribution in [2.75, 3.05) is 18.5 Å². The average Bonchev–Trinajstić information content (AvgIpc) is 2.53. The summed E-state index contributed by atoms with van der Waals surface area (Å²) < 4.78 is 12.8. The summed E-state index contributed by atoms with van der Waals surface area (Å²) in [5.74, 6) is 0.402. The molecule has 2 N–H and O–H groups in total. The van der Waals surface area contributed by atoms with Crippen LogP contribution in [0.2, 0.25) is 0 Å². The van der Waals surface area contributed by atoms with E-state index in [1.54, 1.807) is 24.3 Å². The molecule has 0 saturated carbocycles. The summed E-state index contributed by atoms with van der Waals surface area (Å²) in [6, 6.07) is 11.7. The van der Waals surface area contributed by atoms with E-state index < -0.39 is 0 Å². The number of anilines is 1. The van der Waals surface area contributed by atoms with Gasteiger partial charge in [-0.2, -0.15) is 5.26 Å². The van der Waals surface area contributed by atoms with Crippen molar-refractivity contribution in [2.24, 2.45) is 5.92 Å². The number of aliphatic hydroxyl groups excluding tert-OH is 1. The summed E-state index contributed by atoms with van der Waals surface area (Å²) in [5, 5.41) is 21.2. The quantitative estimate of drug-likeness (QED) is 0.855. The van der Waals surface area contributed by atoms with Crippen LogP contribution in [-0.4, -0.2) is 23.2 Å². The molecule has 0 bridgehead atoms. The first-order chi connectivity index (χ1) is 10.2. The number of nitrogens with one attached hydrogen (secondary N) is 1. The molecule has 2 rings (SSSR count). The number of benzene rings is 1. The minimum Gasteiger partial charge on any atom is -0.396 e. The summed E-state index contributed by atoms with van der Waals surface area (Å²) in [5.41, 5.74) is 1.48. The van der Waals surface area contributed by atoms with Gasteiger partial charge in [0.25, 0.3) is 0 Å². The van der Waals surface area contributed by atoms with Gasteiger partial charge in [0.15, 0.2) is 0 Å². The first-order valence-electron chi connectivity index (χ1n) is 6.66. The van der Waals surface area contributed by atoms with Gasteiger partial charge in [-0.25, -0.2) is 9.37 Å². The number of rotatable bonds is 6. The molecule has 0 aliphatic carbocycles. The zero-order chi connectivity index (χ0) is 15.1. The summed E-state index contributed by atoms with van der Waals surface area (Å²) in [6.45, 7) is 0.577. The molecule has 1 aromatic heterocycles. The third kappa shape index (κ3) is 4.55. The second-order valence-corrected chi connectivity index (χ2v) is 4.80. The highest BCUT2D eigenvalue weighted by atomic mass is 19.1. The number of aliphatic hydroxyl groups is 1. The lowest BCUT2D eigenvalue weighted by molar-refractivity contribution is 0.232. The van der Waals surface area contributed by atoms with Crippen LogP contribution in [0.15, 0.2) is 42.6 Å². The van der Waals surface area contributed by atoms with Crippen LogP contribution >= 0.6 is 0 Å². The molecule has 0 amide bonds. The zero-order valence-corrected chi connectivity index (χ0v) is 11.5. The predicted molar refractivity (Wildman–Crippen MR) is 78.1 cm³/mol. The van der Waals surface area contributed by atoms with Gasteiger partial charge in [-0.05, 0) is 36.2 Å². The van der Waals surface area contributed by atoms with E-state index in [-0.39, 0.29) is 18.3 Å². The molecule has 1 aromatic carbocycles. The van der Waals surface area contributed by atoms with Crippen molar-refractivity contribution in [3.63, 3.8) is 0 Å². The van der Waals surface area contributed by atoms with E-state index in [4.69, 9.17) is 5.26 Å². The number of nitrogens with zero attached hydrogens (tertiary/aromatic N) is 2. The van der Waals surface area contributed by atoms with E-state index in [0.717, 1.165) is 5.56 Å². The van der Waals surface area contributed by atoms with Gasteiger partial charge in [0.2, 0.25) is 0 Å². The van der Waals surface area contributed by atoms with Crippen LogP contribution in [0.4, 0.5) is 10.2 Å². The van der Waals surface area contributed by atoms with Gasteiger partial charge in [-0.15, -0.1) is 0 Å². The largest absolute Gasteiger partial charge is 0.396 e. The molecule has 2 aromatic rings. The number of halogens is 1. The normalized spacial score (nSPS) is 11.7. The molecular formula is C16H16FN3O. The number of aromatic nitrogens is 1. The zero-order valence-electron chi connectivity index (χ0n) is 11.5. The first kappa shape index (κ1) is 14.9. The fourth-order valence-electron chi connectivity index (χ4n) is 1.97.